The lowest BCUT2D eigenvalue weighted by molar-refractivity contribution is 0.102. The van der Waals surface area contributed by atoms with Gasteiger partial charge in [-0.25, -0.2) is 0 Å². The molecule has 0 saturated carbocycles. The molecule has 2 aromatic rings. The van der Waals surface area contributed by atoms with E-state index in [1.165, 1.54) is 24.4 Å². The minimum Gasteiger partial charge on any atom is -0.409 e. The van der Waals surface area contributed by atoms with Gasteiger partial charge in [0, 0.05) is 16.8 Å². The molecule has 4 N–H and O–H groups in total. The molecule has 6 nitrogen and oxygen atoms in total. The highest BCUT2D eigenvalue weighted by atomic mass is 35.5. The van der Waals surface area contributed by atoms with E-state index in [0.29, 0.717) is 21.3 Å². The number of nitrogens with one attached hydrogen (secondary N) is 1. The highest BCUT2D eigenvalue weighted by Gasteiger charge is 2.11. The molecule has 1 heterocycles. The van der Waals surface area contributed by atoms with Gasteiger partial charge >= 0.3 is 0 Å². The van der Waals surface area contributed by atoms with Crippen LogP contribution in [0.2, 0.25) is 10.0 Å². The first-order chi connectivity index (χ1) is 10.0. The highest BCUT2D eigenvalue weighted by molar-refractivity contribution is 6.36. The molecular formula is C13H10Cl2N4O2. The van der Waals surface area contributed by atoms with Gasteiger partial charge in [0.15, 0.2) is 5.84 Å². The van der Waals surface area contributed by atoms with Crippen molar-refractivity contribution in [3.05, 3.63) is 57.8 Å². The summed E-state index contributed by atoms with van der Waals surface area (Å²) in [5, 5.41) is 14.8. The molecule has 0 fully saturated rings. The van der Waals surface area contributed by atoms with Gasteiger partial charge in [0.25, 0.3) is 5.91 Å². The number of benzene rings is 1. The summed E-state index contributed by atoms with van der Waals surface area (Å²) in [6, 6.07) is 7.69. The maximum Gasteiger partial charge on any atom is 0.274 e. The van der Waals surface area contributed by atoms with Crippen LogP contribution in [0.1, 0.15) is 16.1 Å². The van der Waals surface area contributed by atoms with Crippen LogP contribution in [0.15, 0.2) is 41.7 Å². The molecule has 0 radical (unpaired) electrons. The molecule has 0 aliphatic carbocycles. The number of amides is 1. The fourth-order valence-electron chi connectivity index (χ4n) is 1.51. The average Bonchev–Trinajstić information content (AvgIpc) is 2.49. The van der Waals surface area contributed by atoms with Gasteiger partial charge in [-0.2, -0.15) is 0 Å². The maximum absolute atomic E-state index is 12.0. The standard InChI is InChI=1S/C13H10Cl2N4O2/c14-8-2-4-10(9(15)5-8)18-13(20)11-3-1-7(6-17-11)12(16)19-21/h1-6,21H,(H2,16,19)(H,18,20). The molecule has 0 aliphatic rings. The number of nitrogens with two attached hydrogens (primary N) is 1. The number of halogens is 2. The van der Waals surface area contributed by atoms with E-state index in [2.05, 4.69) is 15.5 Å². The molecule has 0 aliphatic heterocycles. The van der Waals surface area contributed by atoms with Crippen LogP contribution in [0.3, 0.4) is 0 Å². The zero-order valence-electron chi connectivity index (χ0n) is 10.5. The molecule has 1 amide bonds. The van der Waals surface area contributed by atoms with Crippen LogP contribution in [-0.4, -0.2) is 21.9 Å². The van der Waals surface area contributed by atoms with Gasteiger partial charge in [-0.1, -0.05) is 28.4 Å². The Labute approximate surface area is 130 Å². The molecular weight excluding hydrogens is 315 g/mol. The second-order valence-corrected chi connectivity index (χ2v) is 4.84. The second kappa shape index (κ2) is 6.43. The van der Waals surface area contributed by atoms with Crippen molar-refractivity contribution in [2.45, 2.75) is 0 Å². The van der Waals surface area contributed by atoms with Crippen LogP contribution in [0.25, 0.3) is 0 Å². The number of pyridine rings is 1. The van der Waals surface area contributed by atoms with Gasteiger partial charge in [0.1, 0.15) is 5.69 Å². The molecule has 0 bridgehead atoms. The normalized spacial score (nSPS) is 11.2. The number of carbonyl (C=O) groups excluding carboxylic acids is 1. The Morgan fingerprint density at radius 2 is 2.05 bits per heavy atom. The zero-order chi connectivity index (χ0) is 15.4. The van der Waals surface area contributed by atoms with E-state index in [1.807, 2.05) is 0 Å². The van der Waals surface area contributed by atoms with Crippen LogP contribution in [-0.2, 0) is 0 Å². The van der Waals surface area contributed by atoms with Gasteiger partial charge in [0.2, 0.25) is 0 Å². The molecule has 0 atom stereocenters. The molecule has 1 aromatic heterocycles. The van der Waals surface area contributed by atoms with Gasteiger partial charge < -0.3 is 16.3 Å². The van der Waals surface area contributed by atoms with Crippen molar-refractivity contribution in [1.82, 2.24) is 4.98 Å². The summed E-state index contributed by atoms with van der Waals surface area (Å²) in [5.41, 5.74) is 6.40. The Hall–Kier alpha value is -2.31. The minimum atomic E-state index is -0.440. The second-order valence-electron chi connectivity index (χ2n) is 4.00. The fraction of sp³-hybridized carbons (Fsp3) is 0. The average molecular weight is 325 g/mol. The van der Waals surface area contributed by atoms with Crippen molar-refractivity contribution >= 4 is 40.6 Å². The summed E-state index contributed by atoms with van der Waals surface area (Å²) in [4.78, 5) is 16.0. The molecule has 21 heavy (non-hydrogen) atoms. The molecule has 1 aromatic carbocycles. The monoisotopic (exact) mass is 324 g/mol. The topological polar surface area (TPSA) is 101 Å². The quantitative estimate of drug-likeness (QED) is 0.349. The van der Waals surface area contributed by atoms with E-state index in [0.717, 1.165) is 0 Å². The molecule has 2 rings (SSSR count). The van der Waals surface area contributed by atoms with Gasteiger partial charge in [0.05, 0.1) is 10.7 Å². The van der Waals surface area contributed by atoms with Gasteiger partial charge in [-0.15, -0.1) is 0 Å². The first-order valence-corrected chi connectivity index (χ1v) is 6.47. The fourth-order valence-corrected chi connectivity index (χ4v) is 1.97. The van der Waals surface area contributed by atoms with Crippen LogP contribution in [0.5, 0.6) is 0 Å². The number of anilines is 1. The van der Waals surface area contributed by atoms with Crippen molar-refractivity contribution < 1.29 is 10.0 Å². The number of amidine groups is 1. The third-order valence-corrected chi connectivity index (χ3v) is 3.13. The molecule has 0 spiro atoms. The smallest absolute Gasteiger partial charge is 0.274 e. The van der Waals surface area contributed by atoms with Crippen molar-refractivity contribution in [2.75, 3.05) is 5.32 Å². The van der Waals surface area contributed by atoms with E-state index in [1.54, 1.807) is 12.1 Å². The van der Waals surface area contributed by atoms with Crippen LogP contribution < -0.4 is 11.1 Å². The summed E-state index contributed by atoms with van der Waals surface area (Å²) in [6.45, 7) is 0. The number of nitrogens with zero attached hydrogens (tertiary/aromatic N) is 2. The SMILES string of the molecule is NC(=NO)c1ccc(C(=O)Nc2ccc(Cl)cc2Cl)nc1. The van der Waals surface area contributed by atoms with Crippen LogP contribution in [0.4, 0.5) is 5.69 Å². The van der Waals surface area contributed by atoms with Gasteiger partial charge in [-0.05, 0) is 30.3 Å². The molecule has 0 saturated heterocycles. The lowest BCUT2D eigenvalue weighted by atomic mass is 10.2. The number of oxime groups is 1. The van der Waals surface area contributed by atoms with Crippen molar-refractivity contribution in [1.29, 1.82) is 0 Å². The van der Waals surface area contributed by atoms with E-state index in [4.69, 9.17) is 34.1 Å². The summed E-state index contributed by atoms with van der Waals surface area (Å²) in [5.74, 6) is -0.527. The summed E-state index contributed by atoms with van der Waals surface area (Å²) in [6.07, 6.45) is 1.33. The van der Waals surface area contributed by atoms with Crippen molar-refractivity contribution in [2.24, 2.45) is 10.9 Å². The van der Waals surface area contributed by atoms with Crippen LogP contribution in [0, 0.1) is 0 Å². The summed E-state index contributed by atoms with van der Waals surface area (Å²) >= 11 is 11.7. The number of carbonyl (C=O) groups is 1. The van der Waals surface area contributed by atoms with Gasteiger partial charge in [-0.3, -0.25) is 9.78 Å². The Bertz CT molecular complexity index is 702. The zero-order valence-corrected chi connectivity index (χ0v) is 12.1. The number of hydrogen-bond acceptors (Lipinski definition) is 4. The van der Waals surface area contributed by atoms with Crippen LogP contribution >= 0.6 is 23.2 Å². The maximum atomic E-state index is 12.0. The minimum absolute atomic E-state index is 0.0878. The third kappa shape index (κ3) is 3.62. The molecule has 108 valence electrons. The summed E-state index contributed by atoms with van der Waals surface area (Å²) in [7, 11) is 0. The lowest BCUT2D eigenvalue weighted by Crippen LogP contribution is -2.16. The Balaban J connectivity index is 2.17. The van der Waals surface area contributed by atoms with Crippen molar-refractivity contribution in [3.8, 4) is 0 Å². The Morgan fingerprint density at radius 3 is 2.62 bits per heavy atom. The molecule has 0 unspecified atom stereocenters. The predicted molar refractivity (Wildman–Crippen MR) is 81.2 cm³/mol. The predicted octanol–water partition coefficient (Wildman–Crippen LogP) is 2.74. The first kappa shape index (κ1) is 15.1. The van der Waals surface area contributed by atoms with E-state index >= 15 is 0 Å². The Morgan fingerprint density at radius 1 is 1.29 bits per heavy atom. The molecule has 8 heteroatoms. The lowest BCUT2D eigenvalue weighted by Gasteiger charge is -2.07. The largest absolute Gasteiger partial charge is 0.409 e. The van der Waals surface area contributed by atoms with Crippen molar-refractivity contribution in [3.63, 3.8) is 0 Å². The van der Waals surface area contributed by atoms with E-state index in [-0.39, 0.29) is 11.5 Å². The first-order valence-electron chi connectivity index (χ1n) is 5.71. The number of rotatable bonds is 3. The number of hydrogen-bond donors (Lipinski definition) is 3. The van der Waals surface area contributed by atoms with E-state index < -0.39 is 5.91 Å². The summed E-state index contributed by atoms with van der Waals surface area (Å²) < 4.78 is 0. The van der Waals surface area contributed by atoms with E-state index in [9.17, 15) is 4.79 Å². The third-order valence-electron chi connectivity index (χ3n) is 2.58. The Kier molecular flexibility index (Phi) is 4.62. The number of aromatic nitrogens is 1. The highest BCUT2D eigenvalue weighted by Crippen LogP contribution is 2.25.